The van der Waals surface area contributed by atoms with E-state index in [9.17, 15) is 10.1 Å². The first-order valence-electron chi connectivity index (χ1n) is 7.67. The van der Waals surface area contributed by atoms with Crippen molar-refractivity contribution in [2.24, 2.45) is 0 Å². The summed E-state index contributed by atoms with van der Waals surface area (Å²) in [6.07, 6.45) is 0.217. The van der Waals surface area contributed by atoms with Gasteiger partial charge < -0.3 is 14.4 Å². The molecule has 122 valence electrons. The molecular weight excluding hydrogens is 304 g/mol. The Morgan fingerprint density at radius 3 is 2.58 bits per heavy atom. The molecule has 0 saturated heterocycles. The molecule has 1 aliphatic heterocycles. The lowest BCUT2D eigenvalue weighted by atomic mass is 10.0. The second-order valence-corrected chi connectivity index (χ2v) is 5.58. The van der Waals surface area contributed by atoms with E-state index in [-0.39, 0.29) is 18.4 Å². The Kier molecular flexibility index (Phi) is 4.39. The van der Waals surface area contributed by atoms with Gasteiger partial charge in [0.1, 0.15) is 0 Å². The molecule has 0 spiro atoms. The Morgan fingerprint density at radius 2 is 1.92 bits per heavy atom. The number of ether oxygens (including phenoxy) is 2. The number of nitriles is 1. The van der Waals surface area contributed by atoms with E-state index in [4.69, 9.17) is 9.47 Å². The van der Waals surface area contributed by atoms with E-state index in [0.717, 1.165) is 11.1 Å². The van der Waals surface area contributed by atoms with Crippen molar-refractivity contribution in [1.29, 1.82) is 5.26 Å². The van der Waals surface area contributed by atoms with E-state index in [1.54, 1.807) is 25.2 Å². The summed E-state index contributed by atoms with van der Waals surface area (Å²) in [5.41, 5.74) is 2.56. The van der Waals surface area contributed by atoms with Crippen molar-refractivity contribution < 1.29 is 14.3 Å². The van der Waals surface area contributed by atoms with E-state index in [1.165, 1.54) is 0 Å². The predicted octanol–water partition coefficient (Wildman–Crippen LogP) is 3.31. The van der Waals surface area contributed by atoms with Crippen molar-refractivity contribution in [3.8, 4) is 17.6 Å². The van der Waals surface area contributed by atoms with Crippen LogP contribution in [0.1, 0.15) is 33.9 Å². The lowest BCUT2D eigenvalue weighted by Crippen LogP contribution is -2.29. The first-order valence-corrected chi connectivity index (χ1v) is 7.67. The first-order chi connectivity index (χ1) is 11.7. The van der Waals surface area contributed by atoms with Gasteiger partial charge in [-0.1, -0.05) is 24.3 Å². The quantitative estimate of drug-likeness (QED) is 0.847. The fourth-order valence-corrected chi connectivity index (χ4v) is 3.08. The van der Waals surface area contributed by atoms with Gasteiger partial charge in [-0.3, -0.25) is 4.79 Å². The molecule has 0 saturated carbocycles. The summed E-state index contributed by atoms with van der Waals surface area (Å²) in [6.45, 7) is 0.510. The van der Waals surface area contributed by atoms with E-state index < -0.39 is 0 Å². The van der Waals surface area contributed by atoms with Crippen molar-refractivity contribution in [3.63, 3.8) is 0 Å². The third-order valence-corrected chi connectivity index (χ3v) is 4.30. The number of nitrogens with zero attached hydrogens (tertiary/aromatic N) is 2. The molecule has 0 aliphatic carbocycles. The third kappa shape index (κ3) is 2.67. The molecule has 0 N–H and O–H groups in total. The summed E-state index contributed by atoms with van der Waals surface area (Å²) in [5.74, 6) is 1.16. The van der Waals surface area contributed by atoms with Crippen LogP contribution >= 0.6 is 0 Å². The standard InChI is InChI=1S/C19H18N2O3/c1-23-17-8-7-13(11-18(17)24-2)16(9-10-20)21-12-14-5-3-4-6-15(14)19(21)22/h3-8,11,16H,9,12H2,1-2H3. The molecule has 2 aromatic rings. The zero-order valence-electron chi connectivity index (χ0n) is 13.7. The SMILES string of the molecule is COc1ccc(C(CC#N)N2Cc3ccccc3C2=O)cc1OC. The van der Waals surface area contributed by atoms with Crippen molar-refractivity contribution in [3.05, 3.63) is 59.2 Å². The molecule has 1 amide bonds. The number of rotatable bonds is 5. The molecule has 0 fully saturated rings. The molecule has 3 rings (SSSR count). The topological polar surface area (TPSA) is 62.6 Å². The van der Waals surface area contributed by atoms with Gasteiger partial charge in [0, 0.05) is 12.1 Å². The highest BCUT2D eigenvalue weighted by Crippen LogP contribution is 2.37. The summed E-state index contributed by atoms with van der Waals surface area (Å²) in [6, 6.07) is 14.9. The van der Waals surface area contributed by atoms with Crippen molar-refractivity contribution in [2.45, 2.75) is 19.0 Å². The van der Waals surface area contributed by atoms with Crippen LogP contribution in [0.25, 0.3) is 0 Å². The van der Waals surface area contributed by atoms with Gasteiger partial charge in [-0.05, 0) is 29.3 Å². The largest absolute Gasteiger partial charge is 0.493 e. The molecule has 1 aliphatic rings. The lowest BCUT2D eigenvalue weighted by molar-refractivity contribution is 0.0703. The van der Waals surface area contributed by atoms with Gasteiger partial charge in [-0.2, -0.15) is 5.26 Å². The van der Waals surface area contributed by atoms with Gasteiger partial charge in [0.05, 0.1) is 32.8 Å². The summed E-state index contributed by atoms with van der Waals surface area (Å²) in [4.78, 5) is 14.5. The Labute approximate surface area is 141 Å². The average Bonchev–Trinajstić information content (AvgIpc) is 2.96. The molecule has 1 atom stereocenters. The Balaban J connectivity index is 1.97. The molecule has 24 heavy (non-hydrogen) atoms. The molecule has 5 nitrogen and oxygen atoms in total. The summed E-state index contributed by atoms with van der Waals surface area (Å²) < 4.78 is 10.6. The van der Waals surface area contributed by atoms with Crippen molar-refractivity contribution in [1.82, 2.24) is 4.90 Å². The minimum atomic E-state index is -0.324. The third-order valence-electron chi connectivity index (χ3n) is 4.30. The zero-order chi connectivity index (χ0) is 17.1. The van der Waals surface area contributed by atoms with Gasteiger partial charge in [-0.15, -0.1) is 0 Å². The molecule has 0 aromatic heterocycles. The first kappa shape index (κ1) is 15.9. The second kappa shape index (κ2) is 6.63. The maximum atomic E-state index is 12.7. The van der Waals surface area contributed by atoms with Gasteiger partial charge >= 0.3 is 0 Å². The molecule has 0 bridgehead atoms. The average molecular weight is 322 g/mol. The van der Waals surface area contributed by atoms with Gasteiger partial charge in [0.25, 0.3) is 5.91 Å². The predicted molar refractivity (Wildman–Crippen MR) is 88.8 cm³/mol. The smallest absolute Gasteiger partial charge is 0.255 e. The van der Waals surface area contributed by atoms with E-state index in [0.29, 0.717) is 23.6 Å². The number of benzene rings is 2. The Bertz CT molecular complexity index is 810. The molecule has 0 radical (unpaired) electrons. The van der Waals surface area contributed by atoms with Gasteiger partial charge in [-0.25, -0.2) is 0 Å². The van der Waals surface area contributed by atoms with Crippen LogP contribution in [0.15, 0.2) is 42.5 Å². The van der Waals surface area contributed by atoms with Gasteiger partial charge in [0.2, 0.25) is 0 Å². The summed E-state index contributed by atoms with van der Waals surface area (Å²) in [7, 11) is 3.14. The number of carbonyl (C=O) groups is 1. The Hall–Kier alpha value is -3.00. The van der Waals surface area contributed by atoms with Crippen LogP contribution in [0.2, 0.25) is 0 Å². The number of hydrogen-bond donors (Lipinski definition) is 0. The second-order valence-electron chi connectivity index (χ2n) is 5.58. The maximum absolute atomic E-state index is 12.7. The highest BCUT2D eigenvalue weighted by atomic mass is 16.5. The minimum absolute atomic E-state index is 0.0411. The monoisotopic (exact) mass is 322 g/mol. The van der Waals surface area contributed by atoms with Crippen LogP contribution in [-0.4, -0.2) is 25.0 Å². The number of carbonyl (C=O) groups excluding carboxylic acids is 1. The van der Waals surface area contributed by atoms with Crippen molar-refractivity contribution >= 4 is 5.91 Å². The molecule has 5 heteroatoms. The van der Waals surface area contributed by atoms with Crippen LogP contribution in [-0.2, 0) is 6.54 Å². The van der Waals surface area contributed by atoms with Crippen LogP contribution in [0.3, 0.4) is 0 Å². The Morgan fingerprint density at radius 1 is 1.17 bits per heavy atom. The van der Waals surface area contributed by atoms with Gasteiger partial charge in [0.15, 0.2) is 11.5 Å². The zero-order valence-corrected chi connectivity index (χ0v) is 13.7. The van der Waals surface area contributed by atoms with E-state index in [2.05, 4.69) is 6.07 Å². The molecule has 2 aromatic carbocycles. The number of fused-ring (bicyclic) bond motifs is 1. The van der Waals surface area contributed by atoms with Crippen LogP contribution in [0.4, 0.5) is 0 Å². The normalized spacial score (nSPS) is 14.0. The summed E-state index contributed by atoms with van der Waals surface area (Å²) in [5, 5.41) is 9.24. The molecular formula is C19H18N2O3. The number of methoxy groups -OCH3 is 2. The summed E-state index contributed by atoms with van der Waals surface area (Å²) >= 11 is 0. The maximum Gasteiger partial charge on any atom is 0.255 e. The highest BCUT2D eigenvalue weighted by Gasteiger charge is 2.33. The number of hydrogen-bond acceptors (Lipinski definition) is 4. The fraction of sp³-hybridized carbons (Fsp3) is 0.263. The fourth-order valence-electron chi connectivity index (χ4n) is 3.08. The van der Waals surface area contributed by atoms with E-state index in [1.807, 2.05) is 36.4 Å². The minimum Gasteiger partial charge on any atom is -0.493 e. The highest BCUT2D eigenvalue weighted by molar-refractivity contribution is 5.98. The number of amides is 1. The van der Waals surface area contributed by atoms with Crippen LogP contribution < -0.4 is 9.47 Å². The molecule has 1 heterocycles. The van der Waals surface area contributed by atoms with Crippen molar-refractivity contribution in [2.75, 3.05) is 14.2 Å². The lowest BCUT2D eigenvalue weighted by Gasteiger charge is -2.27. The van der Waals surface area contributed by atoms with Crippen LogP contribution in [0, 0.1) is 11.3 Å². The molecule has 1 unspecified atom stereocenters. The van der Waals surface area contributed by atoms with E-state index >= 15 is 0 Å². The van der Waals surface area contributed by atoms with Crippen LogP contribution in [0.5, 0.6) is 11.5 Å².